The number of nitrogens with one attached hydrogen (secondary N) is 1. The molecule has 1 heterocycles. The lowest BCUT2D eigenvalue weighted by atomic mass is 10.0. The van der Waals surface area contributed by atoms with Crippen LogP contribution in [0, 0.1) is 6.92 Å². The molecule has 0 unspecified atom stereocenters. The summed E-state index contributed by atoms with van der Waals surface area (Å²) in [6.07, 6.45) is 0. The maximum absolute atomic E-state index is 11.2. The maximum atomic E-state index is 11.2. The van der Waals surface area contributed by atoms with E-state index in [0.717, 1.165) is 0 Å². The number of hydrogen-bond acceptors (Lipinski definition) is 4. The predicted molar refractivity (Wildman–Crippen MR) is 82.6 cm³/mol. The molecule has 0 bridgehead atoms. The number of benzene rings is 1. The van der Waals surface area contributed by atoms with Crippen LogP contribution in [0.4, 0.5) is 0 Å². The van der Waals surface area contributed by atoms with Gasteiger partial charge >= 0.3 is 5.97 Å². The second-order valence-corrected chi connectivity index (χ2v) is 4.88. The van der Waals surface area contributed by atoms with Crippen LogP contribution in [0.3, 0.4) is 0 Å². The van der Waals surface area contributed by atoms with Crippen molar-refractivity contribution < 1.29 is 24.1 Å². The molecule has 2 rings (SSSR count). The molecule has 0 spiro atoms. The van der Waals surface area contributed by atoms with Crippen molar-refractivity contribution in [1.82, 2.24) is 4.98 Å². The van der Waals surface area contributed by atoms with Crippen LogP contribution in [0.15, 0.2) is 12.1 Å². The number of aryl methyl sites for hydroxylation is 1. The lowest BCUT2D eigenvalue weighted by Gasteiger charge is -2.16. The monoisotopic (exact) mass is 325 g/mol. The molecule has 7 heteroatoms. The number of carbonyl (C=O) groups is 1. The molecule has 0 aliphatic rings. The standard InChI is InChI=1S/C15H16ClNO5/c1-7-10(11(16)12(17-7)15(18)19)8-5-6-9(20-2)14(22-4)13(8)21-3/h5-6,17H,1-4H3,(H,18,19). The average molecular weight is 326 g/mol. The van der Waals surface area contributed by atoms with Crippen LogP contribution in [0.5, 0.6) is 17.2 Å². The molecule has 1 aromatic carbocycles. The van der Waals surface area contributed by atoms with Crippen LogP contribution in [0.2, 0.25) is 5.02 Å². The van der Waals surface area contributed by atoms with Gasteiger partial charge in [-0.1, -0.05) is 11.6 Å². The molecule has 6 nitrogen and oxygen atoms in total. The first kappa shape index (κ1) is 16.0. The number of rotatable bonds is 5. The van der Waals surface area contributed by atoms with Gasteiger partial charge in [-0.3, -0.25) is 0 Å². The highest BCUT2D eigenvalue weighted by Crippen LogP contribution is 2.47. The number of carboxylic acids is 1. The summed E-state index contributed by atoms with van der Waals surface area (Å²) in [5.41, 5.74) is 1.72. The van der Waals surface area contributed by atoms with E-state index < -0.39 is 5.97 Å². The van der Waals surface area contributed by atoms with Gasteiger partial charge in [0.15, 0.2) is 11.5 Å². The van der Waals surface area contributed by atoms with Crippen molar-refractivity contribution in [2.24, 2.45) is 0 Å². The Kier molecular flexibility index (Phi) is 4.51. The first-order valence-electron chi connectivity index (χ1n) is 6.36. The van der Waals surface area contributed by atoms with Gasteiger partial charge in [-0.2, -0.15) is 0 Å². The van der Waals surface area contributed by atoms with Crippen LogP contribution in [0.1, 0.15) is 16.2 Å². The lowest BCUT2D eigenvalue weighted by Crippen LogP contribution is -1.98. The zero-order valence-electron chi connectivity index (χ0n) is 12.6. The fourth-order valence-corrected chi connectivity index (χ4v) is 2.73. The molecule has 0 radical (unpaired) electrons. The Morgan fingerprint density at radius 3 is 2.23 bits per heavy atom. The summed E-state index contributed by atoms with van der Waals surface area (Å²) in [5.74, 6) is 0.212. The third kappa shape index (κ3) is 2.46. The number of methoxy groups -OCH3 is 3. The molecular weight excluding hydrogens is 310 g/mol. The van der Waals surface area contributed by atoms with E-state index >= 15 is 0 Å². The predicted octanol–water partition coefficient (Wildman–Crippen LogP) is 3.37. The fourth-order valence-electron chi connectivity index (χ4n) is 2.36. The molecule has 0 fully saturated rings. The van der Waals surface area contributed by atoms with Gasteiger partial charge in [0.1, 0.15) is 5.69 Å². The second kappa shape index (κ2) is 6.19. The van der Waals surface area contributed by atoms with Gasteiger partial charge in [-0.25, -0.2) is 4.79 Å². The Balaban J connectivity index is 2.76. The first-order valence-corrected chi connectivity index (χ1v) is 6.74. The maximum Gasteiger partial charge on any atom is 0.353 e. The topological polar surface area (TPSA) is 80.8 Å². The minimum Gasteiger partial charge on any atom is -0.493 e. The molecule has 0 aliphatic heterocycles. The number of aromatic amines is 1. The number of aromatic nitrogens is 1. The van der Waals surface area contributed by atoms with E-state index in [9.17, 15) is 4.79 Å². The quantitative estimate of drug-likeness (QED) is 0.881. The molecule has 2 aromatic rings. The van der Waals surface area contributed by atoms with Gasteiger partial charge in [0.2, 0.25) is 5.75 Å². The highest BCUT2D eigenvalue weighted by atomic mass is 35.5. The highest BCUT2D eigenvalue weighted by molar-refractivity contribution is 6.36. The second-order valence-electron chi connectivity index (χ2n) is 4.50. The molecule has 1 aromatic heterocycles. The van der Waals surface area contributed by atoms with Crippen LogP contribution in [-0.4, -0.2) is 37.4 Å². The number of carboxylic acid groups (broad SMARTS) is 1. The summed E-state index contributed by atoms with van der Waals surface area (Å²) in [5, 5.41) is 9.29. The van der Waals surface area contributed by atoms with E-state index in [0.29, 0.717) is 34.1 Å². The van der Waals surface area contributed by atoms with Crippen molar-refractivity contribution in [3.05, 3.63) is 28.5 Å². The largest absolute Gasteiger partial charge is 0.493 e. The number of H-pyrrole nitrogens is 1. The van der Waals surface area contributed by atoms with Crippen molar-refractivity contribution in [1.29, 1.82) is 0 Å². The highest BCUT2D eigenvalue weighted by Gasteiger charge is 2.24. The summed E-state index contributed by atoms with van der Waals surface area (Å²) in [6.45, 7) is 1.74. The smallest absolute Gasteiger partial charge is 0.353 e. The van der Waals surface area contributed by atoms with Gasteiger partial charge in [-0.15, -0.1) is 0 Å². The molecule has 0 saturated heterocycles. The molecule has 0 saturated carbocycles. The third-order valence-corrected chi connectivity index (χ3v) is 3.69. The van der Waals surface area contributed by atoms with E-state index in [-0.39, 0.29) is 10.7 Å². The molecule has 118 valence electrons. The summed E-state index contributed by atoms with van der Waals surface area (Å²) in [6, 6.07) is 3.45. The Hall–Kier alpha value is -2.34. The summed E-state index contributed by atoms with van der Waals surface area (Å²) in [4.78, 5) is 14.0. The summed E-state index contributed by atoms with van der Waals surface area (Å²) >= 11 is 6.22. The van der Waals surface area contributed by atoms with Crippen molar-refractivity contribution in [2.45, 2.75) is 6.92 Å². The normalized spacial score (nSPS) is 10.4. The third-order valence-electron chi connectivity index (χ3n) is 3.31. The molecule has 0 amide bonds. The number of aromatic carboxylic acids is 1. The van der Waals surface area contributed by atoms with Gasteiger partial charge in [0.05, 0.1) is 26.4 Å². The zero-order chi connectivity index (χ0) is 16.4. The number of hydrogen-bond donors (Lipinski definition) is 2. The minimum absolute atomic E-state index is 0.0639. The molecular formula is C15H16ClNO5. The van der Waals surface area contributed by atoms with Crippen LogP contribution in [0.25, 0.3) is 11.1 Å². The molecule has 2 N–H and O–H groups in total. The van der Waals surface area contributed by atoms with Crippen molar-refractivity contribution in [3.63, 3.8) is 0 Å². The Bertz CT molecular complexity index is 723. The first-order chi connectivity index (χ1) is 10.5. The minimum atomic E-state index is -1.13. The average Bonchev–Trinajstić information content (AvgIpc) is 2.80. The van der Waals surface area contributed by atoms with E-state index in [1.54, 1.807) is 19.1 Å². The molecule has 0 atom stereocenters. The zero-order valence-corrected chi connectivity index (χ0v) is 13.4. The van der Waals surface area contributed by atoms with E-state index in [4.69, 9.17) is 30.9 Å². The van der Waals surface area contributed by atoms with E-state index in [1.807, 2.05) is 0 Å². The summed E-state index contributed by atoms with van der Waals surface area (Å²) < 4.78 is 16.0. The van der Waals surface area contributed by atoms with Crippen molar-refractivity contribution in [3.8, 4) is 28.4 Å². The van der Waals surface area contributed by atoms with Crippen LogP contribution >= 0.6 is 11.6 Å². The lowest BCUT2D eigenvalue weighted by molar-refractivity contribution is 0.0691. The summed E-state index contributed by atoms with van der Waals surface area (Å²) in [7, 11) is 4.52. The number of ether oxygens (including phenoxy) is 3. The molecule has 0 aliphatic carbocycles. The van der Waals surface area contributed by atoms with Gasteiger partial charge in [0.25, 0.3) is 0 Å². The Labute approximate surface area is 132 Å². The van der Waals surface area contributed by atoms with Crippen molar-refractivity contribution in [2.75, 3.05) is 21.3 Å². The Morgan fingerprint density at radius 2 is 1.77 bits per heavy atom. The van der Waals surface area contributed by atoms with Crippen molar-refractivity contribution >= 4 is 17.6 Å². The van der Waals surface area contributed by atoms with Gasteiger partial charge in [0, 0.05) is 16.8 Å². The fraction of sp³-hybridized carbons (Fsp3) is 0.267. The van der Waals surface area contributed by atoms with Gasteiger partial charge in [-0.05, 0) is 19.1 Å². The van der Waals surface area contributed by atoms with Crippen LogP contribution in [-0.2, 0) is 0 Å². The van der Waals surface area contributed by atoms with Crippen LogP contribution < -0.4 is 14.2 Å². The molecule has 22 heavy (non-hydrogen) atoms. The van der Waals surface area contributed by atoms with Gasteiger partial charge < -0.3 is 24.3 Å². The van der Waals surface area contributed by atoms with E-state index in [2.05, 4.69) is 4.98 Å². The SMILES string of the molecule is COc1ccc(-c2c(C)[nH]c(C(=O)O)c2Cl)c(OC)c1OC. The van der Waals surface area contributed by atoms with E-state index in [1.165, 1.54) is 21.3 Å². The number of halogens is 1. The Morgan fingerprint density at radius 1 is 1.14 bits per heavy atom.